The number of benzene rings is 1. The molecule has 0 saturated carbocycles. The first-order valence-electron chi connectivity index (χ1n) is 10.1. The summed E-state index contributed by atoms with van der Waals surface area (Å²) in [6.07, 6.45) is 11.6. The predicted molar refractivity (Wildman–Crippen MR) is 114 cm³/mol. The van der Waals surface area contributed by atoms with Crippen molar-refractivity contribution in [2.45, 2.75) is 39.0 Å². The van der Waals surface area contributed by atoms with Crippen LogP contribution in [0.15, 0.2) is 54.4 Å². The van der Waals surface area contributed by atoms with E-state index in [1.165, 1.54) is 37.5 Å². The van der Waals surface area contributed by atoms with Gasteiger partial charge >= 0.3 is 5.97 Å². The molecule has 0 radical (unpaired) electrons. The molecule has 1 amide bonds. The van der Waals surface area contributed by atoms with Crippen LogP contribution in [0, 0.1) is 0 Å². The maximum atomic E-state index is 12.5. The summed E-state index contributed by atoms with van der Waals surface area (Å²) in [4.78, 5) is 28.4. The zero-order valence-corrected chi connectivity index (χ0v) is 16.7. The molecule has 0 unspecified atom stereocenters. The molecule has 2 aromatic rings. The summed E-state index contributed by atoms with van der Waals surface area (Å²) in [6.45, 7) is 2.91. The van der Waals surface area contributed by atoms with Gasteiger partial charge in [-0.25, -0.2) is 4.79 Å². The van der Waals surface area contributed by atoms with E-state index < -0.39 is 0 Å². The average Bonchev–Trinajstić information content (AvgIpc) is 2.75. The predicted octanol–water partition coefficient (Wildman–Crippen LogP) is 4.81. The third kappa shape index (κ3) is 6.17. The largest absolute Gasteiger partial charge is 0.462 e. The highest BCUT2D eigenvalue weighted by atomic mass is 16.5. The molecule has 1 aliphatic rings. The normalized spacial score (nSPS) is 13.3. The number of allylic oxidation sites excluding steroid dienone is 1. The third-order valence-corrected chi connectivity index (χ3v) is 4.81. The summed E-state index contributed by atoms with van der Waals surface area (Å²) < 4.78 is 4.96. The van der Waals surface area contributed by atoms with Gasteiger partial charge in [0.2, 0.25) is 0 Å². The van der Waals surface area contributed by atoms with Gasteiger partial charge < -0.3 is 15.4 Å². The Morgan fingerprint density at radius 2 is 1.90 bits per heavy atom. The van der Waals surface area contributed by atoms with Crippen molar-refractivity contribution in [1.82, 2.24) is 4.98 Å². The third-order valence-electron chi connectivity index (χ3n) is 4.81. The van der Waals surface area contributed by atoms with E-state index in [1.54, 1.807) is 43.5 Å². The Kier molecular flexibility index (Phi) is 7.39. The lowest BCUT2D eigenvalue weighted by molar-refractivity contribution is 0.0526. The quantitative estimate of drug-likeness (QED) is 0.497. The summed E-state index contributed by atoms with van der Waals surface area (Å²) in [6, 6.07) is 8.41. The molecule has 0 spiro atoms. The van der Waals surface area contributed by atoms with Gasteiger partial charge in [-0.15, -0.1) is 0 Å². The van der Waals surface area contributed by atoms with E-state index in [4.69, 9.17) is 4.74 Å². The minimum Gasteiger partial charge on any atom is -0.462 e. The van der Waals surface area contributed by atoms with E-state index in [0.717, 1.165) is 18.7 Å². The van der Waals surface area contributed by atoms with Gasteiger partial charge in [0.1, 0.15) is 0 Å². The van der Waals surface area contributed by atoms with Crippen molar-refractivity contribution < 1.29 is 14.3 Å². The van der Waals surface area contributed by atoms with Gasteiger partial charge in [-0.2, -0.15) is 0 Å². The van der Waals surface area contributed by atoms with Gasteiger partial charge in [0.25, 0.3) is 5.91 Å². The number of ether oxygens (including phenoxy) is 1. The molecule has 0 bridgehead atoms. The second-order valence-corrected chi connectivity index (χ2v) is 7.00. The summed E-state index contributed by atoms with van der Waals surface area (Å²) >= 11 is 0. The van der Waals surface area contributed by atoms with Crippen molar-refractivity contribution in [3.05, 3.63) is 65.5 Å². The molecule has 0 fully saturated rings. The van der Waals surface area contributed by atoms with Crippen molar-refractivity contribution in [2.24, 2.45) is 0 Å². The number of rotatable bonds is 8. The lowest BCUT2D eigenvalue weighted by atomic mass is 9.97. The van der Waals surface area contributed by atoms with Gasteiger partial charge in [0.15, 0.2) is 0 Å². The molecule has 1 aromatic carbocycles. The molecule has 152 valence electrons. The average molecular weight is 393 g/mol. The number of esters is 1. The van der Waals surface area contributed by atoms with E-state index in [9.17, 15) is 9.59 Å². The maximum absolute atomic E-state index is 12.5. The monoisotopic (exact) mass is 393 g/mol. The molecule has 1 aliphatic carbocycles. The standard InChI is InChI=1S/C23H27N3O3/c1-2-29-23(28)18-8-10-20(11-9-18)26-22(27)19-14-21(16-24-15-19)25-13-12-17-6-4-3-5-7-17/h6,8-11,14-16,25H,2-5,7,12-13H2,1H3,(H,26,27). The number of hydrogen-bond donors (Lipinski definition) is 2. The number of nitrogens with one attached hydrogen (secondary N) is 2. The van der Waals surface area contributed by atoms with E-state index in [1.807, 2.05) is 0 Å². The summed E-state index contributed by atoms with van der Waals surface area (Å²) in [5.74, 6) is -0.627. The molecule has 2 N–H and O–H groups in total. The van der Waals surface area contributed by atoms with Gasteiger partial charge in [-0.05, 0) is 69.4 Å². The van der Waals surface area contributed by atoms with E-state index in [0.29, 0.717) is 23.4 Å². The number of carbonyl (C=O) groups excluding carboxylic acids is 2. The van der Waals surface area contributed by atoms with Crippen molar-refractivity contribution in [3.63, 3.8) is 0 Å². The van der Waals surface area contributed by atoms with Crippen LogP contribution >= 0.6 is 0 Å². The Balaban J connectivity index is 1.54. The van der Waals surface area contributed by atoms with Crippen LogP contribution in [0.4, 0.5) is 11.4 Å². The first-order chi connectivity index (χ1) is 14.2. The smallest absolute Gasteiger partial charge is 0.338 e. The Morgan fingerprint density at radius 1 is 1.07 bits per heavy atom. The van der Waals surface area contributed by atoms with Crippen molar-refractivity contribution in [3.8, 4) is 0 Å². The molecular formula is C23H27N3O3. The molecule has 29 heavy (non-hydrogen) atoms. The summed E-state index contributed by atoms with van der Waals surface area (Å²) in [5.41, 5.74) is 3.86. The molecule has 0 saturated heterocycles. The van der Waals surface area contributed by atoms with Crippen LogP contribution in [0.2, 0.25) is 0 Å². The highest BCUT2D eigenvalue weighted by Crippen LogP contribution is 2.20. The first kappa shape index (κ1) is 20.6. The van der Waals surface area contributed by atoms with Gasteiger partial charge in [-0.1, -0.05) is 11.6 Å². The fourth-order valence-corrected chi connectivity index (χ4v) is 3.27. The van der Waals surface area contributed by atoms with Crippen molar-refractivity contribution in [2.75, 3.05) is 23.8 Å². The second kappa shape index (κ2) is 10.4. The Morgan fingerprint density at radius 3 is 2.62 bits per heavy atom. The molecule has 6 heteroatoms. The molecule has 3 rings (SSSR count). The van der Waals surface area contributed by atoms with Crippen LogP contribution in [0.5, 0.6) is 0 Å². The number of aromatic nitrogens is 1. The lowest BCUT2D eigenvalue weighted by Crippen LogP contribution is -2.13. The number of carbonyl (C=O) groups is 2. The van der Waals surface area contributed by atoms with Crippen LogP contribution in [-0.4, -0.2) is 30.0 Å². The Labute approximate surface area is 171 Å². The number of pyridine rings is 1. The highest BCUT2D eigenvalue weighted by Gasteiger charge is 2.10. The fraction of sp³-hybridized carbons (Fsp3) is 0.348. The van der Waals surface area contributed by atoms with Gasteiger partial charge in [-0.3, -0.25) is 9.78 Å². The fourth-order valence-electron chi connectivity index (χ4n) is 3.27. The van der Waals surface area contributed by atoms with Crippen LogP contribution in [-0.2, 0) is 4.74 Å². The first-order valence-corrected chi connectivity index (χ1v) is 10.1. The van der Waals surface area contributed by atoms with Gasteiger partial charge in [0, 0.05) is 24.6 Å². The van der Waals surface area contributed by atoms with Crippen molar-refractivity contribution in [1.29, 1.82) is 0 Å². The zero-order chi connectivity index (χ0) is 20.5. The molecule has 6 nitrogen and oxygen atoms in total. The molecule has 0 atom stereocenters. The lowest BCUT2D eigenvalue weighted by Gasteiger charge is -2.13. The SMILES string of the molecule is CCOC(=O)c1ccc(NC(=O)c2cncc(NCCC3=CCCCC3)c2)cc1. The van der Waals surface area contributed by atoms with E-state index >= 15 is 0 Å². The van der Waals surface area contributed by atoms with Gasteiger partial charge in [0.05, 0.1) is 23.4 Å². The second-order valence-electron chi connectivity index (χ2n) is 7.00. The maximum Gasteiger partial charge on any atom is 0.338 e. The molecular weight excluding hydrogens is 366 g/mol. The van der Waals surface area contributed by atoms with Crippen LogP contribution in [0.1, 0.15) is 59.7 Å². The minimum absolute atomic E-state index is 0.250. The highest BCUT2D eigenvalue weighted by molar-refractivity contribution is 6.04. The molecule has 1 heterocycles. The number of amides is 1. The number of anilines is 2. The zero-order valence-electron chi connectivity index (χ0n) is 16.7. The topological polar surface area (TPSA) is 80.3 Å². The van der Waals surface area contributed by atoms with E-state index in [-0.39, 0.29) is 11.9 Å². The molecule has 0 aliphatic heterocycles. The number of nitrogens with zero attached hydrogens (tertiary/aromatic N) is 1. The minimum atomic E-state index is -0.377. The Bertz CT molecular complexity index is 875. The summed E-state index contributed by atoms with van der Waals surface area (Å²) in [7, 11) is 0. The molecule has 1 aromatic heterocycles. The Hall–Kier alpha value is -3.15. The van der Waals surface area contributed by atoms with Crippen LogP contribution in [0.3, 0.4) is 0 Å². The summed E-state index contributed by atoms with van der Waals surface area (Å²) in [5, 5.41) is 6.17. The van der Waals surface area contributed by atoms with Crippen molar-refractivity contribution >= 4 is 23.3 Å². The van der Waals surface area contributed by atoms with E-state index in [2.05, 4.69) is 21.7 Å². The number of hydrogen-bond acceptors (Lipinski definition) is 5. The van der Waals surface area contributed by atoms with Crippen LogP contribution < -0.4 is 10.6 Å². The van der Waals surface area contributed by atoms with Crippen LogP contribution in [0.25, 0.3) is 0 Å².